The van der Waals surface area contributed by atoms with Gasteiger partial charge in [-0.3, -0.25) is 0 Å². The Labute approximate surface area is 153 Å². The van der Waals surface area contributed by atoms with E-state index in [1.165, 1.54) is 31.4 Å². The van der Waals surface area contributed by atoms with Crippen LogP contribution in [0.1, 0.15) is 11.1 Å². The minimum Gasteiger partial charge on any atom is -0.494 e. The van der Waals surface area contributed by atoms with E-state index in [4.69, 9.17) is 4.74 Å². The molecule has 0 bridgehead atoms. The summed E-state index contributed by atoms with van der Waals surface area (Å²) in [6.07, 6.45) is -4.03. The normalized spacial score (nSPS) is 14.1. The van der Waals surface area contributed by atoms with Crippen molar-refractivity contribution in [1.82, 2.24) is 0 Å². The maximum absolute atomic E-state index is 15.1. The zero-order chi connectivity index (χ0) is 19.3. The van der Waals surface area contributed by atoms with E-state index in [9.17, 15) is 13.2 Å². The first-order valence-corrected chi connectivity index (χ1v) is 8.17. The second kappa shape index (κ2) is 6.01. The predicted molar refractivity (Wildman–Crippen MR) is 93.0 cm³/mol. The van der Waals surface area contributed by atoms with Crippen molar-refractivity contribution < 1.29 is 27.0 Å². The van der Waals surface area contributed by atoms with Crippen LogP contribution in [0.3, 0.4) is 0 Å². The highest BCUT2D eigenvalue weighted by molar-refractivity contribution is 5.80. The van der Waals surface area contributed by atoms with E-state index >= 15 is 4.39 Å². The number of ether oxygens (including phenoxy) is 2. The number of benzene rings is 3. The Morgan fingerprint density at radius 3 is 2.11 bits per heavy atom. The first-order valence-electron chi connectivity index (χ1n) is 8.17. The van der Waals surface area contributed by atoms with Crippen LogP contribution in [0.5, 0.6) is 11.5 Å². The summed E-state index contributed by atoms with van der Waals surface area (Å²) in [5.74, 6) is -3.04. The molecule has 6 heteroatoms. The van der Waals surface area contributed by atoms with Gasteiger partial charge in [-0.1, -0.05) is 42.0 Å². The maximum atomic E-state index is 15.1. The van der Waals surface area contributed by atoms with Gasteiger partial charge in [0.1, 0.15) is 11.4 Å². The van der Waals surface area contributed by atoms with Crippen molar-refractivity contribution in [2.75, 3.05) is 7.11 Å². The molecule has 0 fully saturated rings. The molecule has 1 aliphatic rings. The van der Waals surface area contributed by atoms with Crippen LogP contribution < -0.4 is 9.47 Å². The second-order valence-corrected chi connectivity index (χ2v) is 6.29. The molecule has 0 aromatic heterocycles. The number of methoxy groups -OCH3 is 1. The Kier molecular flexibility index (Phi) is 3.87. The van der Waals surface area contributed by atoms with E-state index in [-0.39, 0.29) is 22.4 Å². The number of hydrogen-bond acceptors (Lipinski definition) is 2. The largest absolute Gasteiger partial charge is 0.494 e. The van der Waals surface area contributed by atoms with Gasteiger partial charge < -0.3 is 9.47 Å². The Bertz CT molecular complexity index is 1040. The van der Waals surface area contributed by atoms with Gasteiger partial charge in [-0.2, -0.15) is 13.2 Å². The Morgan fingerprint density at radius 2 is 1.44 bits per heavy atom. The summed E-state index contributed by atoms with van der Waals surface area (Å²) in [6, 6.07) is 12.3. The zero-order valence-electron chi connectivity index (χ0n) is 14.4. The third-order valence-electron chi connectivity index (χ3n) is 4.60. The van der Waals surface area contributed by atoms with Crippen molar-refractivity contribution in [3.63, 3.8) is 0 Å². The molecule has 0 atom stereocenters. The number of hydrogen-bond donors (Lipinski definition) is 0. The fourth-order valence-corrected chi connectivity index (χ4v) is 3.23. The molecule has 138 valence electrons. The van der Waals surface area contributed by atoms with Crippen LogP contribution in [0.15, 0.2) is 48.5 Å². The lowest BCUT2D eigenvalue weighted by Crippen LogP contribution is -2.29. The molecule has 0 amide bonds. The standard InChI is InChI=1S/C21H14F4O2/c1-11-3-5-12(6-4-11)13-7-8-14-15-9-10-16(26-2)19(23)20(15)27-21(24,25)17(14)18(13)22/h3-10H,1-2H3. The molecule has 0 N–H and O–H groups in total. The monoisotopic (exact) mass is 374 g/mol. The van der Waals surface area contributed by atoms with Crippen LogP contribution in [-0.4, -0.2) is 7.11 Å². The fraction of sp³-hybridized carbons (Fsp3) is 0.143. The van der Waals surface area contributed by atoms with Gasteiger partial charge in [0.05, 0.1) is 7.11 Å². The van der Waals surface area contributed by atoms with Gasteiger partial charge in [0.25, 0.3) is 0 Å². The van der Waals surface area contributed by atoms with E-state index in [1.54, 1.807) is 24.3 Å². The zero-order valence-corrected chi connectivity index (χ0v) is 14.4. The minimum atomic E-state index is -4.03. The van der Waals surface area contributed by atoms with Gasteiger partial charge >= 0.3 is 6.11 Å². The molecular formula is C21H14F4O2. The number of halogens is 4. The topological polar surface area (TPSA) is 18.5 Å². The van der Waals surface area contributed by atoms with Gasteiger partial charge in [-0.15, -0.1) is 0 Å². The van der Waals surface area contributed by atoms with Gasteiger partial charge in [0, 0.05) is 16.7 Å². The van der Waals surface area contributed by atoms with Crippen molar-refractivity contribution in [1.29, 1.82) is 0 Å². The van der Waals surface area contributed by atoms with E-state index in [1.807, 2.05) is 6.92 Å². The summed E-state index contributed by atoms with van der Waals surface area (Å²) in [5, 5.41) is 0. The molecule has 2 nitrogen and oxygen atoms in total. The average Bonchev–Trinajstić information content (AvgIpc) is 2.63. The molecule has 0 saturated carbocycles. The van der Waals surface area contributed by atoms with Gasteiger partial charge in [0.15, 0.2) is 11.5 Å². The summed E-state index contributed by atoms with van der Waals surface area (Å²) < 4.78 is 68.2. The van der Waals surface area contributed by atoms with E-state index in [0.717, 1.165) is 5.56 Å². The van der Waals surface area contributed by atoms with Gasteiger partial charge in [-0.05, 0) is 24.6 Å². The Hall–Kier alpha value is -3.02. The highest BCUT2D eigenvalue weighted by Crippen LogP contribution is 2.51. The number of aryl methyl sites for hydroxylation is 1. The summed E-state index contributed by atoms with van der Waals surface area (Å²) >= 11 is 0. The molecule has 1 aliphatic heterocycles. The van der Waals surface area contributed by atoms with Crippen LogP contribution in [0.4, 0.5) is 17.6 Å². The molecule has 0 spiro atoms. The third kappa shape index (κ3) is 2.63. The number of rotatable bonds is 2. The third-order valence-corrected chi connectivity index (χ3v) is 4.60. The molecule has 4 rings (SSSR count). The molecule has 0 unspecified atom stereocenters. The van der Waals surface area contributed by atoms with E-state index in [2.05, 4.69) is 4.74 Å². The van der Waals surface area contributed by atoms with Crippen molar-refractivity contribution >= 4 is 0 Å². The smallest absolute Gasteiger partial charge is 0.430 e. The fourth-order valence-electron chi connectivity index (χ4n) is 3.23. The van der Waals surface area contributed by atoms with Crippen molar-refractivity contribution in [3.8, 4) is 33.8 Å². The number of alkyl halides is 2. The summed E-state index contributed by atoms with van der Waals surface area (Å²) in [6.45, 7) is 1.87. The molecular weight excluding hydrogens is 360 g/mol. The highest BCUT2D eigenvalue weighted by atomic mass is 19.3. The molecule has 3 aromatic carbocycles. The average molecular weight is 374 g/mol. The first kappa shape index (κ1) is 17.4. The summed E-state index contributed by atoms with van der Waals surface area (Å²) in [5.41, 5.74) is 0.472. The molecule has 0 aliphatic carbocycles. The molecule has 1 heterocycles. The SMILES string of the molecule is COc1ccc2c(c1F)OC(F)(F)c1c-2ccc(-c2ccc(C)cc2)c1F. The van der Waals surface area contributed by atoms with E-state index < -0.39 is 29.1 Å². The van der Waals surface area contributed by atoms with Crippen molar-refractivity contribution in [3.05, 3.63) is 71.3 Å². The van der Waals surface area contributed by atoms with Gasteiger partial charge in [0.2, 0.25) is 5.82 Å². The lowest BCUT2D eigenvalue weighted by Gasteiger charge is -2.29. The van der Waals surface area contributed by atoms with E-state index in [0.29, 0.717) is 5.56 Å². The lowest BCUT2D eigenvalue weighted by molar-refractivity contribution is -0.190. The second-order valence-electron chi connectivity index (χ2n) is 6.29. The van der Waals surface area contributed by atoms with Crippen LogP contribution in [0, 0.1) is 18.6 Å². The van der Waals surface area contributed by atoms with Crippen LogP contribution >= 0.6 is 0 Å². The first-order chi connectivity index (χ1) is 12.8. The Morgan fingerprint density at radius 1 is 0.815 bits per heavy atom. The maximum Gasteiger partial charge on any atom is 0.430 e. The number of fused-ring (bicyclic) bond motifs is 3. The predicted octanol–water partition coefficient (Wildman–Crippen LogP) is 6.06. The summed E-state index contributed by atoms with van der Waals surface area (Å²) in [7, 11) is 1.22. The van der Waals surface area contributed by atoms with Crippen LogP contribution in [0.25, 0.3) is 22.3 Å². The minimum absolute atomic E-state index is 0.0226. The van der Waals surface area contributed by atoms with Crippen LogP contribution in [-0.2, 0) is 6.11 Å². The Balaban J connectivity index is 1.96. The van der Waals surface area contributed by atoms with Crippen molar-refractivity contribution in [2.24, 2.45) is 0 Å². The van der Waals surface area contributed by atoms with Crippen LogP contribution in [0.2, 0.25) is 0 Å². The molecule has 3 aromatic rings. The highest BCUT2D eigenvalue weighted by Gasteiger charge is 2.46. The molecule has 0 saturated heterocycles. The quantitative estimate of drug-likeness (QED) is 0.508. The molecule has 27 heavy (non-hydrogen) atoms. The lowest BCUT2D eigenvalue weighted by atomic mass is 9.91. The van der Waals surface area contributed by atoms with Gasteiger partial charge in [-0.25, -0.2) is 4.39 Å². The van der Waals surface area contributed by atoms with Crippen molar-refractivity contribution in [2.45, 2.75) is 13.0 Å². The molecule has 0 radical (unpaired) electrons. The summed E-state index contributed by atoms with van der Waals surface area (Å²) in [4.78, 5) is 0.